The Bertz CT molecular complexity index is 1230. The van der Waals surface area contributed by atoms with Crippen molar-refractivity contribution < 1.29 is 39.0 Å². The van der Waals surface area contributed by atoms with Crippen LogP contribution >= 0.6 is 0 Å². The minimum absolute atomic E-state index is 0.114. The summed E-state index contributed by atoms with van der Waals surface area (Å²) in [6.45, 7) is 1.12. The molecule has 1 aromatic carbocycles. The van der Waals surface area contributed by atoms with E-state index in [1.807, 2.05) is 29.6 Å². The van der Waals surface area contributed by atoms with Crippen molar-refractivity contribution in [1.29, 1.82) is 0 Å². The first kappa shape index (κ1) is 30.7. The fourth-order valence-electron chi connectivity index (χ4n) is 3.79. The number of nitrogens with one attached hydrogen (secondary N) is 4. The van der Waals surface area contributed by atoms with Crippen LogP contribution in [0, 0.1) is 0 Å². The number of fused-ring (bicyclic) bond motifs is 1. The summed E-state index contributed by atoms with van der Waals surface area (Å²) < 4.78 is 0. The molecule has 5 unspecified atom stereocenters. The van der Waals surface area contributed by atoms with Crippen LogP contribution in [-0.4, -0.2) is 81.0 Å². The van der Waals surface area contributed by atoms with Gasteiger partial charge in [0, 0.05) is 23.5 Å². The molecule has 5 amide bonds. The number of primary amides is 2. The molecule has 0 saturated heterocycles. The van der Waals surface area contributed by atoms with Crippen LogP contribution in [0.3, 0.4) is 0 Å². The molecule has 2 aromatic rings. The lowest BCUT2D eigenvalue weighted by Gasteiger charge is -2.25. The standard InChI is InChI=1S/C24H33N7O8/c1-11(32)20(24(38)39)31-23(37)17(9-19(27)34)30-22(36)16(6-7-18(26)33)29-21(35)14(25)8-12-10-28-15-5-3-2-4-13(12)15/h2-5,10-11,14,16-17,20,28,32H,6-9,25H2,1H3,(H2,26,33)(H2,27,34)(H,29,35)(H,30,36)(H,31,37)(H,38,39). The number of amides is 5. The topological polar surface area (TPSA) is 273 Å². The maximum atomic E-state index is 13.0. The van der Waals surface area contributed by atoms with Crippen LogP contribution in [-0.2, 0) is 35.2 Å². The number of hydrogen-bond donors (Lipinski definition) is 9. The van der Waals surface area contributed by atoms with E-state index in [0.29, 0.717) is 0 Å². The fraction of sp³-hybridized carbons (Fsp3) is 0.417. The van der Waals surface area contributed by atoms with E-state index < -0.39 is 72.2 Å². The Hall–Kier alpha value is -4.50. The van der Waals surface area contributed by atoms with E-state index in [1.165, 1.54) is 0 Å². The van der Waals surface area contributed by atoms with Gasteiger partial charge < -0.3 is 48.3 Å². The van der Waals surface area contributed by atoms with Crippen molar-refractivity contribution in [1.82, 2.24) is 20.9 Å². The maximum Gasteiger partial charge on any atom is 0.328 e. The highest BCUT2D eigenvalue weighted by Gasteiger charge is 2.33. The summed E-state index contributed by atoms with van der Waals surface area (Å²) in [6, 6.07) is 1.50. The number of carboxylic acids is 1. The smallest absolute Gasteiger partial charge is 0.328 e. The van der Waals surface area contributed by atoms with Gasteiger partial charge >= 0.3 is 5.97 Å². The van der Waals surface area contributed by atoms with Crippen LogP contribution in [0.25, 0.3) is 10.9 Å². The number of aliphatic hydroxyl groups excluding tert-OH is 1. The monoisotopic (exact) mass is 547 g/mol. The molecule has 0 aliphatic carbocycles. The van der Waals surface area contributed by atoms with Gasteiger partial charge in [0.15, 0.2) is 6.04 Å². The van der Waals surface area contributed by atoms with Gasteiger partial charge in [-0.1, -0.05) is 18.2 Å². The molecule has 1 heterocycles. The molecule has 212 valence electrons. The normalized spacial score (nSPS) is 14.8. The third kappa shape index (κ3) is 9.08. The number of nitrogens with two attached hydrogens (primary N) is 3. The number of carbonyl (C=O) groups excluding carboxylic acids is 5. The van der Waals surface area contributed by atoms with Crippen molar-refractivity contribution in [3.63, 3.8) is 0 Å². The number of benzene rings is 1. The zero-order chi connectivity index (χ0) is 29.3. The van der Waals surface area contributed by atoms with E-state index in [0.717, 1.165) is 23.4 Å². The number of aliphatic hydroxyl groups is 1. The van der Waals surface area contributed by atoms with Crippen molar-refractivity contribution in [3.05, 3.63) is 36.0 Å². The summed E-state index contributed by atoms with van der Waals surface area (Å²) in [7, 11) is 0. The van der Waals surface area contributed by atoms with E-state index in [1.54, 1.807) is 6.20 Å². The first-order valence-electron chi connectivity index (χ1n) is 12.0. The van der Waals surface area contributed by atoms with Crippen molar-refractivity contribution in [2.75, 3.05) is 0 Å². The zero-order valence-electron chi connectivity index (χ0n) is 21.2. The highest BCUT2D eigenvalue weighted by Crippen LogP contribution is 2.18. The Morgan fingerprint density at radius 3 is 2.13 bits per heavy atom. The zero-order valence-corrected chi connectivity index (χ0v) is 21.2. The van der Waals surface area contributed by atoms with E-state index in [4.69, 9.17) is 17.2 Å². The van der Waals surface area contributed by atoms with Gasteiger partial charge in [-0.25, -0.2) is 4.79 Å². The number of carboxylic acid groups (broad SMARTS) is 1. The summed E-state index contributed by atoms with van der Waals surface area (Å²) in [4.78, 5) is 75.8. The molecule has 15 nitrogen and oxygen atoms in total. The number of rotatable bonds is 15. The van der Waals surface area contributed by atoms with E-state index in [2.05, 4.69) is 15.6 Å². The van der Waals surface area contributed by atoms with Gasteiger partial charge in [-0.3, -0.25) is 24.0 Å². The first-order valence-corrected chi connectivity index (χ1v) is 12.0. The molecule has 0 aliphatic heterocycles. The van der Waals surface area contributed by atoms with Crippen LogP contribution in [0.4, 0.5) is 0 Å². The van der Waals surface area contributed by atoms with E-state index >= 15 is 0 Å². The predicted molar refractivity (Wildman–Crippen MR) is 137 cm³/mol. The average molecular weight is 548 g/mol. The lowest BCUT2D eigenvalue weighted by atomic mass is 10.0. The summed E-state index contributed by atoms with van der Waals surface area (Å²) in [5.41, 5.74) is 18.0. The molecular weight excluding hydrogens is 514 g/mol. The van der Waals surface area contributed by atoms with Crippen LogP contribution < -0.4 is 33.2 Å². The van der Waals surface area contributed by atoms with Crippen LogP contribution in [0.1, 0.15) is 31.7 Å². The fourth-order valence-corrected chi connectivity index (χ4v) is 3.79. The number of aromatic amines is 1. The Morgan fingerprint density at radius 1 is 0.923 bits per heavy atom. The molecular formula is C24H33N7O8. The molecule has 0 saturated carbocycles. The molecule has 39 heavy (non-hydrogen) atoms. The van der Waals surface area contributed by atoms with Gasteiger partial charge in [0.25, 0.3) is 0 Å². The van der Waals surface area contributed by atoms with Gasteiger partial charge in [0.05, 0.1) is 18.6 Å². The number of aliphatic carboxylic acids is 1. The van der Waals surface area contributed by atoms with Gasteiger partial charge in [-0.05, 0) is 31.4 Å². The van der Waals surface area contributed by atoms with Gasteiger partial charge in [-0.2, -0.15) is 0 Å². The second-order valence-electron chi connectivity index (χ2n) is 9.03. The molecule has 5 atom stereocenters. The second-order valence-corrected chi connectivity index (χ2v) is 9.03. The van der Waals surface area contributed by atoms with Crippen molar-refractivity contribution >= 4 is 46.4 Å². The number of H-pyrrole nitrogens is 1. The minimum Gasteiger partial charge on any atom is -0.480 e. The third-order valence-corrected chi connectivity index (χ3v) is 5.85. The highest BCUT2D eigenvalue weighted by molar-refractivity contribution is 5.96. The summed E-state index contributed by atoms with van der Waals surface area (Å²) in [5, 5.41) is 26.3. The molecule has 1 aromatic heterocycles. The van der Waals surface area contributed by atoms with E-state index in [-0.39, 0.29) is 19.3 Å². The quantitative estimate of drug-likeness (QED) is 0.110. The van der Waals surface area contributed by atoms with Crippen molar-refractivity contribution in [2.24, 2.45) is 17.2 Å². The van der Waals surface area contributed by atoms with Crippen LogP contribution in [0.5, 0.6) is 0 Å². The average Bonchev–Trinajstić information content (AvgIpc) is 3.26. The molecule has 0 radical (unpaired) electrons. The first-order chi connectivity index (χ1) is 18.3. The predicted octanol–water partition coefficient (Wildman–Crippen LogP) is -2.90. The largest absolute Gasteiger partial charge is 0.480 e. The van der Waals surface area contributed by atoms with E-state index in [9.17, 15) is 39.0 Å². The van der Waals surface area contributed by atoms with Crippen molar-refractivity contribution in [2.45, 2.75) is 62.9 Å². The van der Waals surface area contributed by atoms with Gasteiger partial charge in [0.2, 0.25) is 29.5 Å². The number of hydrogen-bond acceptors (Lipinski definition) is 8. The molecule has 0 bridgehead atoms. The van der Waals surface area contributed by atoms with Gasteiger partial charge in [-0.15, -0.1) is 0 Å². The molecule has 0 spiro atoms. The van der Waals surface area contributed by atoms with Crippen LogP contribution in [0.15, 0.2) is 30.5 Å². The van der Waals surface area contributed by atoms with Crippen LogP contribution in [0.2, 0.25) is 0 Å². The number of aromatic nitrogens is 1. The summed E-state index contributed by atoms with van der Waals surface area (Å²) in [6.07, 6.45) is -0.977. The number of carbonyl (C=O) groups is 6. The molecule has 15 heteroatoms. The van der Waals surface area contributed by atoms with Gasteiger partial charge in [0.1, 0.15) is 12.1 Å². The molecule has 2 rings (SSSR count). The molecule has 0 fully saturated rings. The summed E-state index contributed by atoms with van der Waals surface area (Å²) >= 11 is 0. The molecule has 12 N–H and O–H groups in total. The Kier molecular flexibility index (Phi) is 10.9. The molecule has 0 aliphatic rings. The lowest BCUT2D eigenvalue weighted by molar-refractivity contribution is -0.145. The Morgan fingerprint density at radius 2 is 1.54 bits per heavy atom. The SMILES string of the molecule is CC(O)C(NC(=O)C(CC(N)=O)NC(=O)C(CCC(N)=O)NC(=O)C(N)Cc1c[nH]c2ccccc12)C(=O)O. The Labute approximate surface area is 222 Å². The number of para-hydroxylation sites is 1. The third-order valence-electron chi connectivity index (χ3n) is 5.85. The Balaban J connectivity index is 2.16. The summed E-state index contributed by atoms with van der Waals surface area (Å²) in [5.74, 6) is -6.16. The second kappa shape index (κ2) is 13.9. The minimum atomic E-state index is -1.74. The highest BCUT2D eigenvalue weighted by atomic mass is 16.4. The maximum absolute atomic E-state index is 13.0. The van der Waals surface area contributed by atoms with Crippen molar-refractivity contribution in [3.8, 4) is 0 Å². The lowest BCUT2D eigenvalue weighted by Crippen LogP contribution is -2.59.